The van der Waals surface area contributed by atoms with Crippen LogP contribution in [0.25, 0.3) is 0 Å². The zero-order valence-electron chi connectivity index (χ0n) is 12.6. The van der Waals surface area contributed by atoms with Gasteiger partial charge >= 0.3 is 0 Å². The van der Waals surface area contributed by atoms with Gasteiger partial charge in [-0.1, -0.05) is 43.7 Å². The highest BCUT2D eigenvalue weighted by atomic mass is 16.5. The minimum absolute atomic E-state index is 0.159. The second kappa shape index (κ2) is 7.17. The first-order valence-corrected chi connectivity index (χ1v) is 7.43. The lowest BCUT2D eigenvalue weighted by Crippen LogP contribution is -2.43. The molecule has 0 bridgehead atoms. The lowest BCUT2D eigenvalue weighted by atomic mass is 10.2. The molecule has 1 aliphatic heterocycles. The first kappa shape index (κ1) is 16.2. The fraction of sp³-hybridized carbons (Fsp3) is 0.438. The van der Waals surface area contributed by atoms with Crippen LogP contribution < -0.4 is 0 Å². The van der Waals surface area contributed by atoms with Crippen LogP contribution in [0.1, 0.15) is 38.2 Å². The van der Waals surface area contributed by atoms with Gasteiger partial charge in [0.1, 0.15) is 6.04 Å². The van der Waals surface area contributed by atoms with Crippen molar-refractivity contribution in [1.29, 1.82) is 0 Å². The molecular formula is C16H20N2O4. The summed E-state index contributed by atoms with van der Waals surface area (Å²) >= 11 is 0. The highest BCUT2D eigenvalue weighted by Crippen LogP contribution is 2.21. The van der Waals surface area contributed by atoms with E-state index >= 15 is 0 Å². The van der Waals surface area contributed by atoms with Crippen molar-refractivity contribution >= 4 is 17.7 Å². The molecule has 1 heterocycles. The number of hydroxylamine groups is 2. The lowest BCUT2D eigenvalue weighted by molar-refractivity contribution is -0.179. The average molecular weight is 304 g/mol. The largest absolute Gasteiger partial charge is 0.285 e. The number of carbonyl (C=O) groups is 3. The maximum Gasteiger partial charge on any atom is 0.255 e. The summed E-state index contributed by atoms with van der Waals surface area (Å²) in [4.78, 5) is 37.2. The Morgan fingerprint density at radius 3 is 2.64 bits per heavy atom. The summed E-state index contributed by atoms with van der Waals surface area (Å²) in [5.41, 5.74) is 0.826. The molecule has 0 spiro atoms. The van der Waals surface area contributed by atoms with E-state index in [9.17, 15) is 19.6 Å². The molecule has 22 heavy (non-hydrogen) atoms. The topological polar surface area (TPSA) is 77.9 Å². The third-order valence-corrected chi connectivity index (χ3v) is 3.70. The van der Waals surface area contributed by atoms with Gasteiger partial charge in [-0.2, -0.15) is 0 Å². The second-order valence-electron chi connectivity index (χ2n) is 5.37. The van der Waals surface area contributed by atoms with Gasteiger partial charge in [0.15, 0.2) is 0 Å². The van der Waals surface area contributed by atoms with Crippen LogP contribution in [-0.2, 0) is 20.9 Å². The molecule has 0 unspecified atom stereocenters. The monoisotopic (exact) mass is 304 g/mol. The third-order valence-electron chi connectivity index (χ3n) is 3.70. The quantitative estimate of drug-likeness (QED) is 0.493. The highest BCUT2D eigenvalue weighted by Gasteiger charge is 2.43. The predicted molar refractivity (Wildman–Crippen MR) is 78.6 cm³/mol. The summed E-state index contributed by atoms with van der Waals surface area (Å²) in [6.07, 6.45) is 1.46. The molecule has 1 aliphatic rings. The minimum Gasteiger partial charge on any atom is -0.285 e. The third kappa shape index (κ3) is 3.51. The number of amides is 3. The van der Waals surface area contributed by atoms with Crippen molar-refractivity contribution in [3.05, 3.63) is 35.9 Å². The van der Waals surface area contributed by atoms with E-state index in [1.165, 1.54) is 0 Å². The average Bonchev–Trinajstić information content (AvgIpc) is 2.81. The Labute approximate surface area is 129 Å². The Morgan fingerprint density at radius 2 is 2.00 bits per heavy atom. The number of rotatable bonds is 6. The summed E-state index contributed by atoms with van der Waals surface area (Å²) in [6, 6.07) is 8.03. The number of hydrogen-bond donors (Lipinski definition) is 1. The predicted octanol–water partition coefficient (Wildman–Crippen LogP) is 1.72. The van der Waals surface area contributed by atoms with Crippen molar-refractivity contribution < 1.29 is 19.6 Å². The van der Waals surface area contributed by atoms with Gasteiger partial charge in [-0.05, 0) is 12.0 Å². The molecule has 1 N–H and O–H groups in total. The van der Waals surface area contributed by atoms with Crippen LogP contribution in [0.3, 0.4) is 0 Å². The molecule has 2 rings (SSSR count). The van der Waals surface area contributed by atoms with E-state index < -0.39 is 17.9 Å². The minimum atomic E-state index is -1.10. The van der Waals surface area contributed by atoms with Gasteiger partial charge in [0.05, 0.1) is 13.0 Å². The number of hydrogen-bond acceptors (Lipinski definition) is 4. The zero-order chi connectivity index (χ0) is 16.1. The van der Waals surface area contributed by atoms with E-state index in [0.29, 0.717) is 11.5 Å². The van der Waals surface area contributed by atoms with Crippen LogP contribution >= 0.6 is 0 Å². The molecule has 6 nitrogen and oxygen atoms in total. The van der Waals surface area contributed by atoms with Gasteiger partial charge in [0.2, 0.25) is 11.8 Å². The molecular weight excluding hydrogens is 284 g/mol. The van der Waals surface area contributed by atoms with Crippen molar-refractivity contribution in [2.24, 2.45) is 0 Å². The second-order valence-corrected chi connectivity index (χ2v) is 5.37. The van der Waals surface area contributed by atoms with Crippen molar-refractivity contribution in [3.63, 3.8) is 0 Å². The van der Waals surface area contributed by atoms with Gasteiger partial charge in [0.25, 0.3) is 5.91 Å². The van der Waals surface area contributed by atoms with E-state index in [4.69, 9.17) is 0 Å². The molecule has 1 aromatic rings. The molecule has 1 atom stereocenters. The standard InChI is InChI=1S/C16H20N2O4/c1-2-3-9-14(19)18(22)13-10-15(20)17(16(13)21)11-12-7-5-4-6-8-12/h4-8,13,22H,2-3,9-11H2,1H3/t13-/m0/s1. The molecule has 118 valence electrons. The lowest BCUT2D eigenvalue weighted by Gasteiger charge is -2.21. The highest BCUT2D eigenvalue weighted by molar-refractivity contribution is 6.06. The van der Waals surface area contributed by atoms with Gasteiger partial charge in [-0.15, -0.1) is 0 Å². The molecule has 0 saturated carbocycles. The van der Waals surface area contributed by atoms with Crippen molar-refractivity contribution in [3.8, 4) is 0 Å². The molecule has 3 amide bonds. The summed E-state index contributed by atoms with van der Waals surface area (Å²) in [6.45, 7) is 2.09. The van der Waals surface area contributed by atoms with Gasteiger partial charge in [0, 0.05) is 6.42 Å². The molecule has 1 saturated heterocycles. The van der Waals surface area contributed by atoms with E-state index in [1.54, 1.807) is 0 Å². The Morgan fingerprint density at radius 1 is 1.32 bits per heavy atom. The van der Waals surface area contributed by atoms with Gasteiger partial charge in [-0.25, -0.2) is 5.06 Å². The molecule has 0 aliphatic carbocycles. The molecule has 0 aromatic heterocycles. The van der Waals surface area contributed by atoms with Gasteiger partial charge < -0.3 is 0 Å². The summed E-state index contributed by atoms with van der Waals surface area (Å²) < 4.78 is 0. The zero-order valence-corrected chi connectivity index (χ0v) is 12.6. The normalized spacial score (nSPS) is 17.9. The van der Waals surface area contributed by atoms with Crippen molar-refractivity contribution in [2.75, 3.05) is 0 Å². The van der Waals surface area contributed by atoms with Crippen LogP contribution in [-0.4, -0.2) is 38.9 Å². The fourth-order valence-electron chi connectivity index (χ4n) is 2.41. The molecule has 0 radical (unpaired) electrons. The van der Waals surface area contributed by atoms with E-state index in [1.807, 2.05) is 37.3 Å². The van der Waals surface area contributed by atoms with Crippen LogP contribution in [0.15, 0.2) is 30.3 Å². The number of unbranched alkanes of at least 4 members (excludes halogenated alkanes) is 1. The fourth-order valence-corrected chi connectivity index (χ4v) is 2.41. The van der Waals surface area contributed by atoms with E-state index in [-0.39, 0.29) is 25.3 Å². The maximum absolute atomic E-state index is 12.3. The van der Waals surface area contributed by atoms with Crippen LogP contribution in [0.4, 0.5) is 0 Å². The Kier molecular flexibility index (Phi) is 5.27. The van der Waals surface area contributed by atoms with Gasteiger partial charge in [-0.3, -0.25) is 24.5 Å². The Balaban J connectivity index is 2.03. The molecule has 1 aromatic carbocycles. The first-order valence-electron chi connectivity index (χ1n) is 7.43. The molecule has 6 heteroatoms. The van der Waals surface area contributed by atoms with E-state index in [2.05, 4.69) is 0 Å². The summed E-state index contributed by atoms with van der Waals surface area (Å²) in [5.74, 6) is -1.42. The van der Waals surface area contributed by atoms with Crippen LogP contribution in [0.5, 0.6) is 0 Å². The molecule has 1 fully saturated rings. The number of nitrogens with zero attached hydrogens (tertiary/aromatic N) is 2. The Hall–Kier alpha value is -2.21. The van der Waals surface area contributed by atoms with Crippen molar-refractivity contribution in [1.82, 2.24) is 9.96 Å². The number of carbonyl (C=O) groups excluding carboxylic acids is 3. The first-order chi connectivity index (χ1) is 10.5. The maximum atomic E-state index is 12.3. The van der Waals surface area contributed by atoms with Crippen molar-refractivity contribution in [2.45, 2.75) is 45.2 Å². The number of likely N-dealkylation sites (tertiary alicyclic amines) is 1. The summed E-state index contributed by atoms with van der Waals surface area (Å²) in [5, 5.41) is 10.3. The number of benzene rings is 1. The number of imide groups is 1. The SMILES string of the molecule is CCCCC(=O)N(O)[C@H]1CC(=O)N(Cc2ccccc2)C1=O. The smallest absolute Gasteiger partial charge is 0.255 e. The van der Waals surface area contributed by atoms with Crippen LogP contribution in [0, 0.1) is 0 Å². The van der Waals surface area contributed by atoms with E-state index in [0.717, 1.165) is 16.9 Å². The Bertz CT molecular complexity index is 559. The summed E-state index contributed by atoms with van der Waals surface area (Å²) in [7, 11) is 0. The van der Waals surface area contributed by atoms with Crippen LogP contribution in [0.2, 0.25) is 0 Å².